The van der Waals surface area contributed by atoms with E-state index in [4.69, 9.17) is 22.6 Å². The second kappa shape index (κ2) is 21.9. The van der Waals surface area contributed by atoms with Gasteiger partial charge in [-0.25, -0.2) is 4.79 Å². The molecule has 5 atom stereocenters. The summed E-state index contributed by atoms with van der Waals surface area (Å²) in [5.41, 5.74) is 16.6. The van der Waals surface area contributed by atoms with Crippen molar-refractivity contribution >= 4 is 77.6 Å². The zero-order chi connectivity index (χ0) is 39.7. The first kappa shape index (κ1) is 44.6. The number of benzene rings is 1. The van der Waals surface area contributed by atoms with Crippen molar-refractivity contribution in [1.29, 1.82) is 5.41 Å². The predicted molar refractivity (Wildman–Crippen MR) is 207 cm³/mol. The average Bonchev–Trinajstić information content (AvgIpc) is 3.52. The number of carboxylic acids is 1. The van der Waals surface area contributed by atoms with Gasteiger partial charge in [0.2, 0.25) is 29.5 Å². The first-order chi connectivity index (χ1) is 25.0. The highest BCUT2D eigenvalue weighted by molar-refractivity contribution is 7.80. The van der Waals surface area contributed by atoms with Crippen LogP contribution >= 0.6 is 25.3 Å². The maximum Gasteiger partial charge on any atom is 0.327 e. The number of hydrogen-bond acceptors (Lipinski definition) is 11. The molecule has 1 heterocycles. The van der Waals surface area contributed by atoms with Gasteiger partial charge in [-0.05, 0) is 64.1 Å². The molecular formula is C33H53N11O7S2. The topological polar surface area (TPSA) is 313 Å². The third-order valence-electron chi connectivity index (χ3n) is 8.25. The molecule has 0 aliphatic heterocycles. The van der Waals surface area contributed by atoms with Gasteiger partial charge in [0.25, 0.3) is 0 Å². The molecule has 0 aliphatic rings. The molecule has 18 nitrogen and oxygen atoms in total. The van der Waals surface area contributed by atoms with Crippen molar-refractivity contribution in [2.75, 3.05) is 24.6 Å². The van der Waals surface area contributed by atoms with Crippen molar-refractivity contribution in [3.05, 3.63) is 36.0 Å². The van der Waals surface area contributed by atoms with E-state index in [0.717, 1.165) is 10.9 Å². The quantitative estimate of drug-likeness (QED) is 0.0259. The summed E-state index contributed by atoms with van der Waals surface area (Å²) < 4.78 is 0. The van der Waals surface area contributed by atoms with Crippen LogP contribution in [0, 0.1) is 5.41 Å². The van der Waals surface area contributed by atoms with E-state index in [0.29, 0.717) is 24.9 Å². The first-order valence-corrected chi connectivity index (χ1v) is 18.4. The zero-order valence-corrected chi connectivity index (χ0v) is 31.7. The number of amides is 5. The number of carbonyl (C=O) groups excluding carboxylic acids is 5. The van der Waals surface area contributed by atoms with Crippen LogP contribution in [0.1, 0.15) is 51.5 Å². The third kappa shape index (κ3) is 14.4. The van der Waals surface area contributed by atoms with Gasteiger partial charge < -0.3 is 59.2 Å². The maximum atomic E-state index is 13.8. The van der Waals surface area contributed by atoms with Crippen LogP contribution in [0.4, 0.5) is 0 Å². The van der Waals surface area contributed by atoms with Gasteiger partial charge in [-0.2, -0.15) is 25.3 Å². The van der Waals surface area contributed by atoms with Crippen LogP contribution in [0.5, 0.6) is 0 Å². The van der Waals surface area contributed by atoms with Gasteiger partial charge in [0.1, 0.15) is 29.7 Å². The van der Waals surface area contributed by atoms with Crippen LogP contribution in [0.3, 0.4) is 0 Å². The van der Waals surface area contributed by atoms with Crippen LogP contribution in [0.2, 0.25) is 0 Å². The number of para-hydroxylation sites is 1. The molecular weight excluding hydrogens is 727 g/mol. The number of carboxylic acid groups (broad SMARTS) is 1. The molecule has 0 saturated heterocycles. The smallest absolute Gasteiger partial charge is 0.327 e. The van der Waals surface area contributed by atoms with Crippen molar-refractivity contribution in [3.8, 4) is 0 Å². The number of aromatic nitrogens is 1. The van der Waals surface area contributed by atoms with Gasteiger partial charge in [-0.1, -0.05) is 18.2 Å². The first-order valence-electron chi connectivity index (χ1n) is 17.1. The number of H-pyrrole nitrogens is 1. The number of nitrogens with one attached hydrogen (secondary N) is 8. The third-order valence-corrected chi connectivity index (χ3v) is 9.01. The van der Waals surface area contributed by atoms with Gasteiger partial charge in [0, 0.05) is 41.6 Å². The second-order valence-electron chi connectivity index (χ2n) is 13.0. The number of nitrogens with two attached hydrogens (primary N) is 3. The summed E-state index contributed by atoms with van der Waals surface area (Å²) in [5, 5.41) is 33.3. The standard InChI is InChI=1S/C33H53N11O7S2/c1-33(2,31(51)43-24(28(47)42-25(17-53)30(49)50)14-18-15-39-21-9-4-3-8-19(18)21)44-29(48)23(11-7-13-38-32(36)37)41-27(46)22(10-5-6-12-34)40-26(45)20(35)16-52/h3-4,8-9,15,20,22-25,39,52-53H,5-7,10-14,16-17,34-35H2,1-2H3,(H,40,45)(H,41,46)(H,42,47)(H,43,51)(H,44,48)(H,49,50)(H4,36,37,38)/t20-,22-,23-,24-,25-/m0/s1. The number of fused-ring (bicyclic) bond motifs is 1. The second-order valence-corrected chi connectivity index (χ2v) is 13.7. The maximum absolute atomic E-state index is 13.8. The van der Waals surface area contributed by atoms with Crippen LogP contribution in [-0.4, -0.2) is 112 Å². The molecule has 2 aromatic rings. The monoisotopic (exact) mass is 779 g/mol. The van der Waals surface area contributed by atoms with Crippen molar-refractivity contribution < 1.29 is 33.9 Å². The van der Waals surface area contributed by atoms with E-state index in [9.17, 15) is 33.9 Å². The molecule has 15 N–H and O–H groups in total. The fourth-order valence-electron chi connectivity index (χ4n) is 5.17. The van der Waals surface area contributed by atoms with E-state index < -0.39 is 71.3 Å². The van der Waals surface area contributed by atoms with Crippen LogP contribution < -0.4 is 49.1 Å². The van der Waals surface area contributed by atoms with E-state index >= 15 is 0 Å². The Morgan fingerprint density at radius 1 is 0.849 bits per heavy atom. The summed E-state index contributed by atoms with van der Waals surface area (Å²) in [6.45, 7) is 3.36. The van der Waals surface area contributed by atoms with Crippen molar-refractivity contribution in [3.63, 3.8) is 0 Å². The molecule has 0 bridgehead atoms. The number of hydrogen-bond donors (Lipinski definition) is 14. The molecule has 1 aromatic carbocycles. The molecule has 20 heteroatoms. The van der Waals surface area contributed by atoms with Gasteiger partial charge in [0.05, 0.1) is 6.04 Å². The fourth-order valence-corrected chi connectivity index (χ4v) is 5.58. The van der Waals surface area contributed by atoms with Gasteiger partial charge in [-0.15, -0.1) is 0 Å². The van der Waals surface area contributed by atoms with E-state index in [2.05, 4.69) is 62.1 Å². The molecule has 0 fully saturated rings. The Morgan fingerprint density at radius 2 is 1.45 bits per heavy atom. The summed E-state index contributed by atoms with van der Waals surface area (Å²) in [7, 11) is 0. The SMILES string of the molecule is CC(C)(NC(=O)[C@H](CCCNC(=N)N)NC(=O)[C@H](CCCCN)NC(=O)[C@@H](N)CS)C(=O)N[C@@H](Cc1c[nH]c2ccccc12)C(=O)N[C@@H](CS)C(=O)O. The molecule has 294 valence electrons. The number of guanidine groups is 1. The Hall–Kier alpha value is -4.53. The van der Waals surface area contributed by atoms with E-state index in [-0.39, 0.29) is 49.7 Å². The molecule has 0 unspecified atom stereocenters. The minimum absolute atomic E-state index is 0.0273. The zero-order valence-electron chi connectivity index (χ0n) is 29.9. The molecule has 5 amide bonds. The molecule has 53 heavy (non-hydrogen) atoms. The molecule has 2 rings (SSSR count). The molecule has 0 aliphatic carbocycles. The van der Waals surface area contributed by atoms with Gasteiger partial charge in [0.15, 0.2) is 5.96 Å². The summed E-state index contributed by atoms with van der Waals surface area (Å²) in [5.74, 6) is -5.35. The highest BCUT2D eigenvalue weighted by atomic mass is 32.1. The molecule has 0 radical (unpaired) electrons. The summed E-state index contributed by atoms with van der Waals surface area (Å²) in [6.07, 6.45) is 3.24. The molecule has 1 aromatic heterocycles. The minimum atomic E-state index is -1.67. The Bertz CT molecular complexity index is 1590. The normalized spacial score (nSPS) is 14.2. The molecule has 0 spiro atoms. The van der Waals surface area contributed by atoms with Crippen LogP contribution in [0.25, 0.3) is 10.9 Å². The number of aromatic amines is 1. The predicted octanol–water partition coefficient (Wildman–Crippen LogP) is -1.79. The summed E-state index contributed by atoms with van der Waals surface area (Å²) in [6, 6.07) is 1.46. The van der Waals surface area contributed by atoms with Gasteiger partial charge in [-0.3, -0.25) is 29.4 Å². The number of thiol groups is 2. The Kier molecular flexibility index (Phi) is 18.4. The Labute approximate surface area is 319 Å². The van der Waals surface area contributed by atoms with Gasteiger partial charge >= 0.3 is 5.97 Å². The lowest BCUT2D eigenvalue weighted by atomic mass is 9.99. The molecule has 0 saturated carbocycles. The number of aliphatic carboxylic acids is 1. The fraction of sp³-hybridized carbons (Fsp3) is 0.545. The Morgan fingerprint density at radius 3 is 2.08 bits per heavy atom. The lowest BCUT2D eigenvalue weighted by molar-refractivity contribution is -0.142. The van der Waals surface area contributed by atoms with Crippen LogP contribution in [-0.2, 0) is 35.2 Å². The van der Waals surface area contributed by atoms with E-state index in [1.165, 1.54) is 13.8 Å². The van der Waals surface area contributed by atoms with E-state index in [1.54, 1.807) is 6.20 Å². The van der Waals surface area contributed by atoms with E-state index in [1.807, 2.05) is 24.3 Å². The summed E-state index contributed by atoms with van der Waals surface area (Å²) >= 11 is 8.06. The Balaban J connectivity index is 2.32. The lowest BCUT2D eigenvalue weighted by Gasteiger charge is -2.31. The highest BCUT2D eigenvalue weighted by Crippen LogP contribution is 2.20. The van der Waals surface area contributed by atoms with Crippen molar-refractivity contribution in [2.24, 2.45) is 17.2 Å². The number of carbonyl (C=O) groups is 6. The van der Waals surface area contributed by atoms with Crippen molar-refractivity contribution in [1.82, 2.24) is 36.9 Å². The average molecular weight is 780 g/mol. The van der Waals surface area contributed by atoms with Crippen LogP contribution in [0.15, 0.2) is 30.5 Å². The lowest BCUT2D eigenvalue weighted by Crippen LogP contribution is -2.63. The minimum Gasteiger partial charge on any atom is -0.480 e. The highest BCUT2D eigenvalue weighted by Gasteiger charge is 2.37. The summed E-state index contributed by atoms with van der Waals surface area (Å²) in [4.78, 5) is 81.9. The number of unbranched alkanes of at least 4 members (excludes halogenated alkanes) is 1. The van der Waals surface area contributed by atoms with Crippen molar-refractivity contribution in [2.45, 2.75) is 88.1 Å². The largest absolute Gasteiger partial charge is 0.480 e. The number of rotatable bonds is 23.